The lowest BCUT2D eigenvalue weighted by Crippen LogP contribution is -2.23. The molecule has 14 heavy (non-hydrogen) atoms. The smallest absolute Gasteiger partial charge is 0.226 e. The lowest BCUT2D eigenvalue weighted by atomic mass is 10.1. The molecule has 76 valence electrons. The van der Waals surface area contributed by atoms with Crippen LogP contribution in [0.2, 0.25) is 0 Å². The molecule has 1 aromatic carbocycles. The molecule has 0 aromatic heterocycles. The molecule has 0 unspecified atom stereocenters. The van der Waals surface area contributed by atoms with Crippen LogP contribution in [0.1, 0.15) is 5.56 Å². The molecule has 0 fully saturated rings. The van der Waals surface area contributed by atoms with Crippen molar-refractivity contribution in [2.24, 2.45) is 0 Å². The van der Waals surface area contributed by atoms with Crippen molar-refractivity contribution in [1.82, 2.24) is 4.90 Å². The van der Waals surface area contributed by atoms with Crippen molar-refractivity contribution < 1.29 is 13.6 Å². The van der Waals surface area contributed by atoms with Gasteiger partial charge in [-0.2, -0.15) is 0 Å². The molecular formula is C10H11F2NO. The van der Waals surface area contributed by atoms with Crippen LogP contribution in [0.3, 0.4) is 0 Å². The second-order valence-corrected chi connectivity index (χ2v) is 3.20. The molecule has 2 nitrogen and oxygen atoms in total. The first-order chi connectivity index (χ1) is 6.50. The SMILES string of the molecule is CN(C)C(=O)Cc1cc(F)ccc1F. The number of carbonyl (C=O) groups is 1. The highest BCUT2D eigenvalue weighted by atomic mass is 19.1. The van der Waals surface area contributed by atoms with Crippen molar-refractivity contribution in [2.75, 3.05) is 14.1 Å². The summed E-state index contributed by atoms with van der Waals surface area (Å²) in [5.41, 5.74) is 0.0868. The average Bonchev–Trinajstić information content (AvgIpc) is 2.11. The van der Waals surface area contributed by atoms with Crippen LogP contribution < -0.4 is 0 Å². The fourth-order valence-corrected chi connectivity index (χ4v) is 1.000. The normalized spacial score (nSPS) is 10.0. The van der Waals surface area contributed by atoms with Gasteiger partial charge in [0.2, 0.25) is 5.91 Å². The van der Waals surface area contributed by atoms with E-state index in [0.29, 0.717) is 0 Å². The van der Waals surface area contributed by atoms with Gasteiger partial charge in [0.25, 0.3) is 0 Å². The molecule has 0 atom stereocenters. The summed E-state index contributed by atoms with van der Waals surface area (Å²) in [6.45, 7) is 0. The van der Waals surface area contributed by atoms with Gasteiger partial charge in [0.15, 0.2) is 0 Å². The summed E-state index contributed by atoms with van der Waals surface area (Å²) in [5, 5.41) is 0. The number of amides is 1. The van der Waals surface area contributed by atoms with Crippen molar-refractivity contribution in [2.45, 2.75) is 6.42 Å². The third-order valence-electron chi connectivity index (χ3n) is 1.85. The van der Waals surface area contributed by atoms with Gasteiger partial charge in [-0.25, -0.2) is 8.78 Å². The number of hydrogen-bond acceptors (Lipinski definition) is 1. The number of nitrogens with zero attached hydrogens (tertiary/aromatic N) is 1. The van der Waals surface area contributed by atoms with Gasteiger partial charge in [-0.1, -0.05) is 0 Å². The quantitative estimate of drug-likeness (QED) is 0.708. The van der Waals surface area contributed by atoms with Crippen LogP contribution in [0.15, 0.2) is 18.2 Å². The van der Waals surface area contributed by atoms with E-state index in [1.807, 2.05) is 0 Å². The maximum atomic E-state index is 13.1. The molecule has 0 heterocycles. The van der Waals surface area contributed by atoms with Crippen LogP contribution >= 0.6 is 0 Å². The van der Waals surface area contributed by atoms with E-state index in [4.69, 9.17) is 0 Å². The zero-order valence-electron chi connectivity index (χ0n) is 8.05. The number of rotatable bonds is 2. The molecule has 1 amide bonds. The average molecular weight is 199 g/mol. The van der Waals surface area contributed by atoms with Gasteiger partial charge in [-0.3, -0.25) is 4.79 Å². The second-order valence-electron chi connectivity index (χ2n) is 3.20. The molecule has 0 aliphatic heterocycles. The molecule has 0 aliphatic rings. The Hall–Kier alpha value is -1.45. The molecule has 0 aliphatic carbocycles. The van der Waals surface area contributed by atoms with E-state index < -0.39 is 11.6 Å². The van der Waals surface area contributed by atoms with E-state index in [2.05, 4.69) is 0 Å². The third-order valence-corrected chi connectivity index (χ3v) is 1.85. The maximum Gasteiger partial charge on any atom is 0.226 e. The number of halogens is 2. The van der Waals surface area contributed by atoms with Gasteiger partial charge in [-0.05, 0) is 18.2 Å². The van der Waals surface area contributed by atoms with E-state index in [-0.39, 0.29) is 17.9 Å². The van der Waals surface area contributed by atoms with Crippen LogP contribution in [0.25, 0.3) is 0 Å². The largest absolute Gasteiger partial charge is 0.349 e. The van der Waals surface area contributed by atoms with Crippen LogP contribution in [0.4, 0.5) is 8.78 Å². The van der Waals surface area contributed by atoms with Crippen LogP contribution in [0.5, 0.6) is 0 Å². The number of likely N-dealkylation sites (N-methyl/N-ethyl adjacent to an activating group) is 1. The zero-order chi connectivity index (χ0) is 10.7. The van der Waals surface area contributed by atoms with Crippen molar-refractivity contribution in [3.63, 3.8) is 0 Å². The summed E-state index contributed by atoms with van der Waals surface area (Å²) in [7, 11) is 3.14. The third kappa shape index (κ3) is 2.52. The van der Waals surface area contributed by atoms with Gasteiger partial charge in [0.05, 0.1) is 6.42 Å². The summed E-state index contributed by atoms with van der Waals surface area (Å²) >= 11 is 0. The fourth-order valence-electron chi connectivity index (χ4n) is 1.000. The van der Waals surface area contributed by atoms with Gasteiger partial charge < -0.3 is 4.90 Å². The minimum Gasteiger partial charge on any atom is -0.349 e. The standard InChI is InChI=1S/C10H11F2NO/c1-13(2)10(14)6-7-5-8(11)3-4-9(7)12/h3-5H,6H2,1-2H3. The highest BCUT2D eigenvalue weighted by Gasteiger charge is 2.10. The Bertz CT molecular complexity index is 350. The lowest BCUT2D eigenvalue weighted by Gasteiger charge is -2.10. The fraction of sp³-hybridized carbons (Fsp3) is 0.300. The Balaban J connectivity index is 2.86. The highest BCUT2D eigenvalue weighted by molar-refractivity contribution is 5.78. The number of hydrogen-bond donors (Lipinski definition) is 0. The summed E-state index contributed by atoms with van der Waals surface area (Å²) in [4.78, 5) is 12.6. The second kappa shape index (κ2) is 4.17. The molecule has 0 saturated carbocycles. The summed E-state index contributed by atoms with van der Waals surface area (Å²) in [5.74, 6) is -1.34. The Morgan fingerprint density at radius 2 is 2.00 bits per heavy atom. The number of benzene rings is 1. The molecule has 1 aromatic rings. The minimum atomic E-state index is -0.554. The topological polar surface area (TPSA) is 20.3 Å². The molecule has 0 radical (unpaired) electrons. The van der Waals surface area contributed by atoms with E-state index in [0.717, 1.165) is 18.2 Å². The van der Waals surface area contributed by atoms with Crippen molar-refractivity contribution in [3.05, 3.63) is 35.4 Å². The molecular weight excluding hydrogens is 188 g/mol. The highest BCUT2D eigenvalue weighted by Crippen LogP contribution is 2.10. The van der Waals surface area contributed by atoms with E-state index >= 15 is 0 Å². The minimum absolute atomic E-state index is 0.0868. The maximum absolute atomic E-state index is 13.1. The van der Waals surface area contributed by atoms with Crippen LogP contribution in [0, 0.1) is 11.6 Å². The first-order valence-corrected chi connectivity index (χ1v) is 4.15. The predicted octanol–water partition coefficient (Wildman–Crippen LogP) is 1.60. The Morgan fingerprint density at radius 3 is 2.57 bits per heavy atom. The summed E-state index contributed by atoms with van der Waals surface area (Å²) in [6, 6.07) is 3.09. The van der Waals surface area contributed by atoms with Gasteiger partial charge in [0, 0.05) is 19.7 Å². The Morgan fingerprint density at radius 1 is 1.36 bits per heavy atom. The van der Waals surface area contributed by atoms with E-state index in [9.17, 15) is 13.6 Å². The van der Waals surface area contributed by atoms with Crippen molar-refractivity contribution >= 4 is 5.91 Å². The Kier molecular flexibility index (Phi) is 3.17. The monoisotopic (exact) mass is 199 g/mol. The first kappa shape index (κ1) is 10.6. The zero-order valence-corrected chi connectivity index (χ0v) is 8.05. The van der Waals surface area contributed by atoms with E-state index in [1.165, 1.54) is 4.90 Å². The van der Waals surface area contributed by atoms with Gasteiger partial charge in [0.1, 0.15) is 11.6 Å². The number of carbonyl (C=O) groups excluding carboxylic acids is 1. The summed E-state index contributed by atoms with van der Waals surface area (Å²) in [6.07, 6.45) is -0.114. The predicted molar refractivity (Wildman–Crippen MR) is 48.8 cm³/mol. The summed E-state index contributed by atoms with van der Waals surface area (Å²) < 4.78 is 25.8. The Labute approximate surface area is 81.1 Å². The lowest BCUT2D eigenvalue weighted by molar-refractivity contribution is -0.128. The first-order valence-electron chi connectivity index (χ1n) is 4.15. The van der Waals surface area contributed by atoms with Crippen molar-refractivity contribution in [3.8, 4) is 0 Å². The van der Waals surface area contributed by atoms with Crippen LogP contribution in [-0.4, -0.2) is 24.9 Å². The molecule has 1 rings (SSSR count). The van der Waals surface area contributed by atoms with E-state index in [1.54, 1.807) is 14.1 Å². The van der Waals surface area contributed by atoms with Crippen molar-refractivity contribution in [1.29, 1.82) is 0 Å². The molecule has 0 saturated heterocycles. The van der Waals surface area contributed by atoms with Gasteiger partial charge in [-0.15, -0.1) is 0 Å². The molecule has 0 bridgehead atoms. The van der Waals surface area contributed by atoms with Crippen LogP contribution in [-0.2, 0) is 11.2 Å². The molecule has 0 spiro atoms. The molecule has 0 N–H and O–H groups in total. The van der Waals surface area contributed by atoms with Gasteiger partial charge >= 0.3 is 0 Å². The molecule has 4 heteroatoms.